The standard InChI is InChI=1S/C7H16N/c1-4-7(5-2)6(3)8/h6-8H,4-5H2,1-3H3/q-1. The molecule has 0 spiro atoms. The van der Waals surface area contributed by atoms with Crippen LogP contribution in [0.15, 0.2) is 0 Å². The van der Waals surface area contributed by atoms with E-state index in [0.717, 1.165) is 12.8 Å². The van der Waals surface area contributed by atoms with Crippen LogP contribution >= 0.6 is 0 Å². The van der Waals surface area contributed by atoms with Crippen molar-refractivity contribution >= 4 is 0 Å². The Balaban J connectivity index is 3.35. The van der Waals surface area contributed by atoms with Gasteiger partial charge in [0.2, 0.25) is 0 Å². The maximum absolute atomic E-state index is 7.33. The topological polar surface area (TPSA) is 23.8 Å². The Labute approximate surface area is 52.3 Å². The first-order valence-corrected chi connectivity index (χ1v) is 3.43. The molecule has 1 atom stereocenters. The van der Waals surface area contributed by atoms with Crippen molar-refractivity contribution in [1.82, 2.24) is 0 Å². The Kier molecular flexibility index (Phi) is 3.88. The van der Waals surface area contributed by atoms with Crippen LogP contribution in [0.4, 0.5) is 0 Å². The molecule has 1 heteroatoms. The zero-order chi connectivity index (χ0) is 6.57. The minimum atomic E-state index is 0.130. The molecule has 0 aromatic carbocycles. The molecule has 0 fully saturated rings. The fourth-order valence-corrected chi connectivity index (χ4v) is 0.996. The van der Waals surface area contributed by atoms with Crippen LogP contribution in [0.3, 0.4) is 0 Å². The molecule has 0 amide bonds. The van der Waals surface area contributed by atoms with Crippen molar-refractivity contribution in [1.29, 1.82) is 0 Å². The second-order valence-electron chi connectivity index (χ2n) is 2.37. The number of hydrogen-bond acceptors (Lipinski definition) is 0. The van der Waals surface area contributed by atoms with Crippen LogP contribution in [0.1, 0.15) is 33.6 Å². The highest BCUT2D eigenvalue weighted by Crippen LogP contribution is 2.13. The summed E-state index contributed by atoms with van der Waals surface area (Å²) in [6.07, 6.45) is 2.31. The minimum absolute atomic E-state index is 0.130. The Hall–Kier alpha value is -0.0400. The van der Waals surface area contributed by atoms with Gasteiger partial charge in [-0.1, -0.05) is 39.5 Å². The van der Waals surface area contributed by atoms with Gasteiger partial charge in [0.05, 0.1) is 0 Å². The summed E-state index contributed by atoms with van der Waals surface area (Å²) in [6, 6.07) is 0.130. The van der Waals surface area contributed by atoms with E-state index in [4.69, 9.17) is 5.73 Å². The molecule has 1 unspecified atom stereocenters. The molecule has 50 valence electrons. The first-order chi connectivity index (χ1) is 3.72. The van der Waals surface area contributed by atoms with Gasteiger partial charge in [0.1, 0.15) is 0 Å². The summed E-state index contributed by atoms with van der Waals surface area (Å²) < 4.78 is 0. The third kappa shape index (κ3) is 2.31. The van der Waals surface area contributed by atoms with E-state index in [1.807, 2.05) is 6.92 Å². The molecule has 1 nitrogen and oxygen atoms in total. The molecule has 0 rings (SSSR count). The highest BCUT2D eigenvalue weighted by molar-refractivity contribution is 4.74. The van der Waals surface area contributed by atoms with Crippen LogP contribution in [0.2, 0.25) is 0 Å². The van der Waals surface area contributed by atoms with Crippen LogP contribution in [-0.2, 0) is 0 Å². The third-order valence-electron chi connectivity index (χ3n) is 1.76. The van der Waals surface area contributed by atoms with E-state index in [0.29, 0.717) is 5.92 Å². The Bertz CT molecular complexity index is 46.3. The predicted octanol–water partition coefficient (Wildman–Crippen LogP) is 2.86. The number of nitrogens with one attached hydrogen (secondary N) is 1. The van der Waals surface area contributed by atoms with Crippen LogP contribution in [-0.4, -0.2) is 6.04 Å². The van der Waals surface area contributed by atoms with Crippen molar-refractivity contribution in [2.24, 2.45) is 5.92 Å². The Morgan fingerprint density at radius 3 is 1.62 bits per heavy atom. The summed E-state index contributed by atoms with van der Waals surface area (Å²) in [5.41, 5.74) is 7.33. The van der Waals surface area contributed by atoms with Gasteiger partial charge < -0.3 is 5.73 Å². The first-order valence-electron chi connectivity index (χ1n) is 3.43. The highest BCUT2D eigenvalue weighted by Gasteiger charge is 2.00. The van der Waals surface area contributed by atoms with E-state index in [9.17, 15) is 0 Å². The van der Waals surface area contributed by atoms with Crippen molar-refractivity contribution in [3.05, 3.63) is 5.73 Å². The van der Waals surface area contributed by atoms with E-state index in [-0.39, 0.29) is 6.04 Å². The summed E-state index contributed by atoms with van der Waals surface area (Å²) >= 11 is 0. The maximum Gasteiger partial charge on any atom is -0.0547 e. The van der Waals surface area contributed by atoms with Crippen molar-refractivity contribution < 1.29 is 0 Å². The van der Waals surface area contributed by atoms with Gasteiger partial charge >= 0.3 is 0 Å². The second-order valence-corrected chi connectivity index (χ2v) is 2.37. The van der Waals surface area contributed by atoms with Gasteiger partial charge in [0, 0.05) is 0 Å². The molecule has 0 heterocycles. The molecular weight excluding hydrogens is 98.1 g/mol. The van der Waals surface area contributed by atoms with Crippen molar-refractivity contribution in [2.45, 2.75) is 39.7 Å². The lowest BCUT2D eigenvalue weighted by molar-refractivity contribution is 0.457. The fraction of sp³-hybridized carbons (Fsp3) is 1.00. The van der Waals surface area contributed by atoms with E-state index >= 15 is 0 Å². The lowest BCUT2D eigenvalue weighted by atomic mass is 9.97. The van der Waals surface area contributed by atoms with Crippen LogP contribution in [0.25, 0.3) is 5.73 Å². The van der Waals surface area contributed by atoms with Crippen molar-refractivity contribution in [3.63, 3.8) is 0 Å². The van der Waals surface area contributed by atoms with Gasteiger partial charge in [-0.05, 0) is 0 Å². The van der Waals surface area contributed by atoms with E-state index < -0.39 is 0 Å². The molecule has 8 heavy (non-hydrogen) atoms. The Morgan fingerprint density at radius 2 is 1.62 bits per heavy atom. The zero-order valence-corrected chi connectivity index (χ0v) is 6.07. The third-order valence-corrected chi connectivity index (χ3v) is 1.76. The van der Waals surface area contributed by atoms with Gasteiger partial charge in [0.25, 0.3) is 0 Å². The molecule has 0 aromatic rings. The number of hydrogen-bond donors (Lipinski definition) is 0. The molecule has 0 aliphatic carbocycles. The molecule has 0 aliphatic rings. The summed E-state index contributed by atoms with van der Waals surface area (Å²) in [5, 5.41) is 0. The smallest absolute Gasteiger partial charge is 0.0547 e. The molecule has 0 saturated carbocycles. The predicted molar refractivity (Wildman–Crippen MR) is 37.9 cm³/mol. The largest absolute Gasteiger partial charge is 0.675 e. The van der Waals surface area contributed by atoms with Gasteiger partial charge in [-0.25, -0.2) is 0 Å². The van der Waals surface area contributed by atoms with Crippen LogP contribution in [0.5, 0.6) is 0 Å². The summed E-state index contributed by atoms with van der Waals surface area (Å²) in [6.45, 7) is 6.27. The summed E-state index contributed by atoms with van der Waals surface area (Å²) in [5.74, 6) is 0.620. The second kappa shape index (κ2) is 3.90. The van der Waals surface area contributed by atoms with Gasteiger partial charge in [0.15, 0.2) is 0 Å². The van der Waals surface area contributed by atoms with Gasteiger partial charge in [-0.2, -0.15) is 0 Å². The summed E-state index contributed by atoms with van der Waals surface area (Å²) in [7, 11) is 0. The fourth-order valence-electron chi connectivity index (χ4n) is 0.996. The zero-order valence-electron chi connectivity index (χ0n) is 6.07. The molecule has 1 N–H and O–H groups in total. The van der Waals surface area contributed by atoms with E-state index in [1.54, 1.807) is 0 Å². The first kappa shape index (κ1) is 7.96. The molecule has 0 aromatic heterocycles. The summed E-state index contributed by atoms with van der Waals surface area (Å²) in [4.78, 5) is 0. The Morgan fingerprint density at radius 1 is 1.25 bits per heavy atom. The van der Waals surface area contributed by atoms with Crippen molar-refractivity contribution in [2.75, 3.05) is 0 Å². The lowest BCUT2D eigenvalue weighted by Crippen LogP contribution is -2.09. The highest BCUT2D eigenvalue weighted by atomic mass is 14.6. The molecule has 0 aliphatic heterocycles. The average Bonchev–Trinajstić information content (AvgIpc) is 1.69. The normalized spacial score (nSPS) is 14.6. The van der Waals surface area contributed by atoms with E-state index in [1.165, 1.54) is 0 Å². The monoisotopic (exact) mass is 114 g/mol. The molecule has 0 radical (unpaired) electrons. The lowest BCUT2D eigenvalue weighted by Gasteiger charge is -2.23. The SMILES string of the molecule is CCC(CC)C(C)[NH-]. The maximum atomic E-state index is 7.33. The minimum Gasteiger partial charge on any atom is -0.675 e. The molecule has 0 saturated heterocycles. The molecule has 0 bridgehead atoms. The van der Waals surface area contributed by atoms with Crippen LogP contribution < -0.4 is 0 Å². The number of rotatable bonds is 3. The van der Waals surface area contributed by atoms with E-state index in [2.05, 4.69) is 13.8 Å². The average molecular weight is 114 g/mol. The molecular formula is C7H16N-. The quantitative estimate of drug-likeness (QED) is 0.538. The van der Waals surface area contributed by atoms with Crippen LogP contribution in [0, 0.1) is 5.92 Å². The van der Waals surface area contributed by atoms with Gasteiger partial charge in [-0.3, -0.25) is 0 Å². The van der Waals surface area contributed by atoms with Gasteiger partial charge in [-0.15, -0.1) is 6.04 Å². The van der Waals surface area contributed by atoms with Crippen molar-refractivity contribution in [3.8, 4) is 0 Å².